The van der Waals surface area contributed by atoms with Gasteiger partial charge in [0, 0.05) is 12.2 Å². The third kappa shape index (κ3) is 4.39. The van der Waals surface area contributed by atoms with Crippen LogP contribution in [0.2, 0.25) is 0 Å². The molecular formula is C17H15F3N2O. The highest BCUT2D eigenvalue weighted by Gasteiger charge is 2.33. The standard InChI is InChI=1S/C17H15F3N2O/c1-23-15-6-2-12(3-7-15)8-9-22-14-5-4-13(11-21)16(10-14)17(18,19)20/h2-7,10,22H,8-9H2,1H3. The third-order valence-corrected chi connectivity index (χ3v) is 3.35. The van der Waals surface area contributed by atoms with Crippen molar-refractivity contribution in [3.63, 3.8) is 0 Å². The molecule has 0 saturated heterocycles. The van der Waals surface area contributed by atoms with E-state index in [-0.39, 0.29) is 5.56 Å². The molecule has 0 radical (unpaired) electrons. The minimum atomic E-state index is -4.54. The van der Waals surface area contributed by atoms with Crippen LogP contribution in [0.4, 0.5) is 18.9 Å². The average Bonchev–Trinajstić information content (AvgIpc) is 2.54. The Kier molecular flexibility index (Phi) is 5.12. The molecule has 3 nitrogen and oxygen atoms in total. The molecular weight excluding hydrogens is 305 g/mol. The normalized spacial score (nSPS) is 10.9. The topological polar surface area (TPSA) is 45.0 Å². The molecule has 0 aliphatic carbocycles. The quantitative estimate of drug-likeness (QED) is 0.896. The van der Waals surface area contributed by atoms with E-state index in [1.807, 2.05) is 24.3 Å². The summed E-state index contributed by atoms with van der Waals surface area (Å²) < 4.78 is 43.7. The zero-order valence-electron chi connectivity index (χ0n) is 12.4. The van der Waals surface area contributed by atoms with Crippen molar-refractivity contribution in [2.45, 2.75) is 12.6 Å². The molecule has 120 valence electrons. The smallest absolute Gasteiger partial charge is 0.417 e. The van der Waals surface area contributed by atoms with Crippen LogP contribution in [0.25, 0.3) is 0 Å². The summed E-state index contributed by atoms with van der Waals surface area (Å²) in [6.45, 7) is 0.482. The average molecular weight is 320 g/mol. The third-order valence-electron chi connectivity index (χ3n) is 3.35. The molecule has 1 N–H and O–H groups in total. The van der Waals surface area contributed by atoms with Gasteiger partial charge in [-0.1, -0.05) is 12.1 Å². The van der Waals surface area contributed by atoms with E-state index in [0.29, 0.717) is 18.7 Å². The van der Waals surface area contributed by atoms with Crippen LogP contribution in [0.3, 0.4) is 0 Å². The van der Waals surface area contributed by atoms with Crippen molar-refractivity contribution in [2.24, 2.45) is 0 Å². The number of nitrogens with one attached hydrogen (secondary N) is 1. The van der Waals surface area contributed by atoms with Crippen molar-refractivity contribution in [1.29, 1.82) is 5.26 Å². The molecule has 0 unspecified atom stereocenters. The molecule has 0 heterocycles. The Morgan fingerprint density at radius 1 is 1.13 bits per heavy atom. The Balaban J connectivity index is 2.02. The lowest BCUT2D eigenvalue weighted by atomic mass is 10.1. The van der Waals surface area contributed by atoms with Gasteiger partial charge in [0.15, 0.2) is 0 Å². The Hall–Kier alpha value is -2.68. The highest BCUT2D eigenvalue weighted by Crippen LogP contribution is 2.33. The van der Waals surface area contributed by atoms with Gasteiger partial charge < -0.3 is 10.1 Å². The van der Waals surface area contributed by atoms with Crippen LogP contribution in [0.15, 0.2) is 42.5 Å². The lowest BCUT2D eigenvalue weighted by Crippen LogP contribution is -2.10. The lowest BCUT2D eigenvalue weighted by molar-refractivity contribution is -0.137. The first-order valence-electron chi connectivity index (χ1n) is 6.92. The van der Waals surface area contributed by atoms with E-state index >= 15 is 0 Å². The monoisotopic (exact) mass is 320 g/mol. The Bertz CT molecular complexity index is 703. The second kappa shape index (κ2) is 7.05. The van der Waals surface area contributed by atoms with E-state index in [2.05, 4.69) is 5.32 Å². The van der Waals surface area contributed by atoms with Crippen LogP contribution < -0.4 is 10.1 Å². The number of alkyl halides is 3. The predicted octanol–water partition coefficient (Wildman–Crippen LogP) is 4.24. The number of nitriles is 1. The highest BCUT2D eigenvalue weighted by molar-refractivity contribution is 5.53. The van der Waals surface area contributed by atoms with E-state index < -0.39 is 11.7 Å². The first-order valence-corrected chi connectivity index (χ1v) is 6.92. The molecule has 0 saturated carbocycles. The van der Waals surface area contributed by atoms with E-state index in [1.165, 1.54) is 12.1 Å². The largest absolute Gasteiger partial charge is 0.497 e. The number of halogens is 3. The first kappa shape index (κ1) is 16.7. The number of benzene rings is 2. The maximum atomic E-state index is 12.9. The number of ether oxygens (including phenoxy) is 1. The van der Waals surface area contributed by atoms with Crippen molar-refractivity contribution < 1.29 is 17.9 Å². The Morgan fingerprint density at radius 3 is 2.39 bits per heavy atom. The SMILES string of the molecule is COc1ccc(CCNc2ccc(C#N)c(C(F)(F)F)c2)cc1. The van der Waals surface area contributed by atoms with E-state index in [0.717, 1.165) is 17.4 Å². The molecule has 2 aromatic rings. The van der Waals surface area contributed by atoms with Gasteiger partial charge in [0.25, 0.3) is 0 Å². The fourth-order valence-electron chi connectivity index (χ4n) is 2.13. The molecule has 0 bridgehead atoms. The highest BCUT2D eigenvalue weighted by atomic mass is 19.4. The molecule has 2 aromatic carbocycles. The maximum Gasteiger partial charge on any atom is 0.417 e. The fraction of sp³-hybridized carbons (Fsp3) is 0.235. The summed E-state index contributed by atoms with van der Waals surface area (Å²) in [5.41, 5.74) is 0.0838. The molecule has 23 heavy (non-hydrogen) atoms. The van der Waals surface area contributed by atoms with Crippen molar-refractivity contribution in [2.75, 3.05) is 19.0 Å². The van der Waals surface area contributed by atoms with Gasteiger partial charge in [0.1, 0.15) is 5.75 Å². The molecule has 0 fully saturated rings. The van der Waals surface area contributed by atoms with E-state index in [1.54, 1.807) is 13.2 Å². The number of anilines is 1. The summed E-state index contributed by atoms with van der Waals surface area (Å²) in [5.74, 6) is 0.753. The van der Waals surface area contributed by atoms with Crippen LogP contribution in [0.1, 0.15) is 16.7 Å². The van der Waals surface area contributed by atoms with Crippen molar-refractivity contribution in [3.8, 4) is 11.8 Å². The van der Waals surface area contributed by atoms with E-state index in [4.69, 9.17) is 10.00 Å². The van der Waals surface area contributed by atoms with Gasteiger partial charge in [-0.3, -0.25) is 0 Å². The molecule has 0 spiro atoms. The number of hydrogen-bond acceptors (Lipinski definition) is 3. The molecule has 0 aliphatic heterocycles. The maximum absolute atomic E-state index is 12.9. The molecule has 0 atom stereocenters. The summed E-state index contributed by atoms with van der Waals surface area (Å²) in [5, 5.41) is 11.7. The lowest BCUT2D eigenvalue weighted by Gasteiger charge is -2.12. The second-order valence-electron chi connectivity index (χ2n) is 4.89. The fourth-order valence-corrected chi connectivity index (χ4v) is 2.13. The summed E-state index contributed by atoms with van der Waals surface area (Å²) in [6, 6.07) is 12.7. The Morgan fingerprint density at radius 2 is 1.83 bits per heavy atom. The van der Waals surface area contributed by atoms with Gasteiger partial charge in [0.05, 0.1) is 24.3 Å². The van der Waals surface area contributed by atoms with Gasteiger partial charge in [0.2, 0.25) is 0 Å². The van der Waals surface area contributed by atoms with Crippen LogP contribution in [-0.2, 0) is 12.6 Å². The minimum Gasteiger partial charge on any atom is -0.497 e. The van der Waals surface area contributed by atoms with Gasteiger partial charge >= 0.3 is 6.18 Å². The summed E-state index contributed by atoms with van der Waals surface area (Å²) in [7, 11) is 1.58. The van der Waals surface area contributed by atoms with Crippen molar-refractivity contribution in [1.82, 2.24) is 0 Å². The van der Waals surface area contributed by atoms with Gasteiger partial charge in [-0.2, -0.15) is 18.4 Å². The second-order valence-corrected chi connectivity index (χ2v) is 4.89. The summed E-state index contributed by atoms with van der Waals surface area (Å²) in [4.78, 5) is 0. The van der Waals surface area contributed by atoms with Crippen molar-refractivity contribution >= 4 is 5.69 Å². The molecule has 0 amide bonds. The number of methoxy groups -OCH3 is 1. The Labute approximate surface area is 132 Å². The van der Waals surface area contributed by atoms with Crippen LogP contribution >= 0.6 is 0 Å². The molecule has 0 aromatic heterocycles. The first-order chi connectivity index (χ1) is 10.9. The van der Waals surface area contributed by atoms with Gasteiger partial charge in [-0.15, -0.1) is 0 Å². The minimum absolute atomic E-state index is 0.338. The number of rotatable bonds is 5. The number of nitrogens with zero attached hydrogens (tertiary/aromatic N) is 1. The summed E-state index contributed by atoms with van der Waals surface area (Å²) in [6.07, 6.45) is -3.88. The molecule has 2 rings (SSSR count). The van der Waals surface area contributed by atoms with Crippen LogP contribution in [0.5, 0.6) is 5.75 Å². The number of hydrogen-bond donors (Lipinski definition) is 1. The van der Waals surface area contributed by atoms with Crippen LogP contribution in [-0.4, -0.2) is 13.7 Å². The van der Waals surface area contributed by atoms with Crippen LogP contribution in [0, 0.1) is 11.3 Å². The molecule has 0 aliphatic rings. The zero-order valence-corrected chi connectivity index (χ0v) is 12.4. The zero-order chi connectivity index (χ0) is 16.9. The molecule has 6 heteroatoms. The van der Waals surface area contributed by atoms with Crippen molar-refractivity contribution in [3.05, 3.63) is 59.2 Å². The van der Waals surface area contributed by atoms with Gasteiger partial charge in [-0.05, 0) is 42.3 Å². The summed E-state index contributed by atoms with van der Waals surface area (Å²) >= 11 is 0. The van der Waals surface area contributed by atoms with Gasteiger partial charge in [-0.25, -0.2) is 0 Å². The van der Waals surface area contributed by atoms with E-state index in [9.17, 15) is 13.2 Å². The predicted molar refractivity (Wildman–Crippen MR) is 81.3 cm³/mol.